The van der Waals surface area contributed by atoms with Crippen LogP contribution in [0.3, 0.4) is 0 Å². The van der Waals surface area contributed by atoms with Crippen LogP contribution in [0.15, 0.2) is 5.16 Å². The first kappa shape index (κ1) is 11.4. The Labute approximate surface area is 73.8 Å². The van der Waals surface area contributed by atoms with Crippen LogP contribution in [0, 0.1) is 0 Å². The normalized spacial score (nSPS) is 16.2. The molecule has 0 radical (unpaired) electrons. The first-order valence-corrected chi connectivity index (χ1v) is 4.07. The number of oxime groups is 1. The van der Waals surface area contributed by atoms with Gasteiger partial charge >= 0.3 is 0 Å². The van der Waals surface area contributed by atoms with Crippen molar-refractivity contribution in [3.8, 4) is 0 Å². The van der Waals surface area contributed by atoms with Crippen LogP contribution < -0.4 is 11.1 Å². The third-order valence-electron chi connectivity index (χ3n) is 1.65. The first-order valence-electron chi connectivity index (χ1n) is 4.07. The van der Waals surface area contributed by atoms with E-state index >= 15 is 0 Å². The van der Waals surface area contributed by atoms with E-state index in [9.17, 15) is 0 Å². The van der Waals surface area contributed by atoms with Gasteiger partial charge in [-0.25, -0.2) is 0 Å². The van der Waals surface area contributed by atoms with E-state index in [-0.39, 0.29) is 11.6 Å². The second-order valence-corrected chi connectivity index (χ2v) is 3.83. The molecule has 0 spiro atoms. The van der Waals surface area contributed by atoms with Gasteiger partial charge in [0.1, 0.15) is 0 Å². The molecule has 0 bridgehead atoms. The van der Waals surface area contributed by atoms with Gasteiger partial charge in [-0.1, -0.05) is 5.16 Å². The van der Waals surface area contributed by atoms with Crippen molar-refractivity contribution >= 4 is 5.71 Å². The third kappa shape index (κ3) is 5.09. The maximum absolute atomic E-state index is 8.45. The van der Waals surface area contributed by atoms with Crippen molar-refractivity contribution in [3.63, 3.8) is 0 Å². The van der Waals surface area contributed by atoms with Gasteiger partial charge < -0.3 is 16.3 Å². The SMILES string of the molecule is CC(=NO)C(C)NCC(C)(C)N. The molecule has 4 nitrogen and oxygen atoms in total. The monoisotopic (exact) mass is 173 g/mol. The summed E-state index contributed by atoms with van der Waals surface area (Å²) in [6, 6.07) is 0.0674. The molecule has 1 atom stereocenters. The van der Waals surface area contributed by atoms with Crippen molar-refractivity contribution in [2.45, 2.75) is 39.3 Å². The Morgan fingerprint density at radius 3 is 2.50 bits per heavy atom. The third-order valence-corrected chi connectivity index (χ3v) is 1.65. The summed E-state index contributed by atoms with van der Waals surface area (Å²) >= 11 is 0. The smallest absolute Gasteiger partial charge is 0.0706 e. The molecule has 0 heterocycles. The fourth-order valence-corrected chi connectivity index (χ4v) is 0.650. The fraction of sp³-hybridized carbons (Fsp3) is 0.875. The van der Waals surface area contributed by atoms with E-state index in [1.807, 2.05) is 20.8 Å². The van der Waals surface area contributed by atoms with Gasteiger partial charge in [0.25, 0.3) is 0 Å². The molecule has 0 aromatic rings. The van der Waals surface area contributed by atoms with Crippen LogP contribution >= 0.6 is 0 Å². The highest BCUT2D eigenvalue weighted by Crippen LogP contribution is 1.95. The van der Waals surface area contributed by atoms with Crippen LogP contribution in [0.1, 0.15) is 27.7 Å². The van der Waals surface area contributed by atoms with E-state index in [0.29, 0.717) is 12.3 Å². The Morgan fingerprint density at radius 1 is 1.67 bits per heavy atom. The topological polar surface area (TPSA) is 70.6 Å². The molecule has 0 fully saturated rings. The molecule has 0 aliphatic rings. The predicted molar refractivity (Wildman–Crippen MR) is 50.6 cm³/mol. The molecule has 0 aromatic heterocycles. The summed E-state index contributed by atoms with van der Waals surface area (Å²) in [5.41, 5.74) is 6.19. The number of nitrogens with zero attached hydrogens (tertiary/aromatic N) is 1. The van der Waals surface area contributed by atoms with Gasteiger partial charge in [0.2, 0.25) is 0 Å². The summed E-state index contributed by atoms with van der Waals surface area (Å²) in [6.45, 7) is 8.28. The van der Waals surface area contributed by atoms with Crippen molar-refractivity contribution < 1.29 is 5.21 Å². The lowest BCUT2D eigenvalue weighted by molar-refractivity contribution is 0.315. The Kier molecular flexibility index (Phi) is 4.20. The molecular formula is C8H19N3O. The Bertz CT molecular complexity index is 160. The van der Waals surface area contributed by atoms with Gasteiger partial charge in [-0.15, -0.1) is 0 Å². The van der Waals surface area contributed by atoms with E-state index < -0.39 is 0 Å². The molecular weight excluding hydrogens is 154 g/mol. The zero-order valence-corrected chi connectivity index (χ0v) is 8.26. The molecule has 4 N–H and O–H groups in total. The molecule has 0 saturated carbocycles. The maximum atomic E-state index is 8.45. The van der Waals surface area contributed by atoms with Crippen LogP contribution in [0.4, 0.5) is 0 Å². The van der Waals surface area contributed by atoms with Gasteiger partial charge in [0, 0.05) is 18.1 Å². The minimum Gasteiger partial charge on any atom is -0.411 e. The van der Waals surface area contributed by atoms with E-state index in [2.05, 4.69) is 10.5 Å². The standard InChI is InChI=1S/C8H19N3O/c1-6(7(2)11-12)10-5-8(3,4)9/h6,10,12H,5,9H2,1-4H3. The second-order valence-electron chi connectivity index (χ2n) is 3.83. The molecule has 12 heavy (non-hydrogen) atoms. The molecule has 4 heteroatoms. The molecule has 0 rings (SSSR count). The highest BCUT2D eigenvalue weighted by Gasteiger charge is 2.13. The lowest BCUT2D eigenvalue weighted by Gasteiger charge is -2.22. The van der Waals surface area contributed by atoms with Crippen molar-refractivity contribution in [3.05, 3.63) is 0 Å². The van der Waals surface area contributed by atoms with E-state index in [4.69, 9.17) is 10.9 Å². The van der Waals surface area contributed by atoms with Crippen molar-refractivity contribution in [2.75, 3.05) is 6.54 Å². The number of hydrogen-bond donors (Lipinski definition) is 3. The van der Waals surface area contributed by atoms with Gasteiger partial charge in [-0.05, 0) is 27.7 Å². The van der Waals surface area contributed by atoms with Crippen LogP contribution in [-0.2, 0) is 0 Å². The molecule has 0 aliphatic heterocycles. The molecule has 1 unspecified atom stereocenters. The van der Waals surface area contributed by atoms with Crippen LogP contribution in [0.5, 0.6) is 0 Å². The summed E-state index contributed by atoms with van der Waals surface area (Å²) in [5, 5.41) is 14.7. The minimum atomic E-state index is -0.232. The lowest BCUT2D eigenvalue weighted by atomic mass is 10.1. The lowest BCUT2D eigenvalue weighted by Crippen LogP contribution is -2.47. The van der Waals surface area contributed by atoms with Gasteiger partial charge in [0.15, 0.2) is 0 Å². The summed E-state index contributed by atoms with van der Waals surface area (Å²) in [7, 11) is 0. The van der Waals surface area contributed by atoms with Gasteiger partial charge in [-0.2, -0.15) is 0 Å². The second kappa shape index (κ2) is 4.42. The summed E-state index contributed by atoms with van der Waals surface area (Å²) in [4.78, 5) is 0. The number of nitrogens with two attached hydrogens (primary N) is 1. The van der Waals surface area contributed by atoms with E-state index in [1.54, 1.807) is 6.92 Å². The quantitative estimate of drug-likeness (QED) is 0.330. The molecule has 0 amide bonds. The molecule has 0 aliphatic carbocycles. The number of hydrogen-bond acceptors (Lipinski definition) is 4. The molecule has 72 valence electrons. The number of nitrogens with one attached hydrogen (secondary N) is 1. The maximum Gasteiger partial charge on any atom is 0.0706 e. The van der Waals surface area contributed by atoms with Crippen LogP contribution in [0.2, 0.25) is 0 Å². The van der Waals surface area contributed by atoms with Gasteiger partial charge in [0.05, 0.1) is 5.71 Å². The molecule has 0 aromatic carbocycles. The Morgan fingerprint density at radius 2 is 2.17 bits per heavy atom. The highest BCUT2D eigenvalue weighted by molar-refractivity contribution is 5.86. The zero-order valence-electron chi connectivity index (χ0n) is 8.26. The molecule has 0 saturated heterocycles. The van der Waals surface area contributed by atoms with Crippen LogP contribution in [0.25, 0.3) is 0 Å². The highest BCUT2D eigenvalue weighted by atomic mass is 16.4. The first-order chi connectivity index (χ1) is 5.37. The van der Waals surface area contributed by atoms with Crippen LogP contribution in [-0.4, -0.2) is 29.0 Å². The van der Waals surface area contributed by atoms with Crippen molar-refractivity contribution in [1.29, 1.82) is 0 Å². The summed E-state index contributed by atoms with van der Waals surface area (Å²) in [6.07, 6.45) is 0. The Balaban J connectivity index is 3.80. The van der Waals surface area contributed by atoms with Crippen molar-refractivity contribution in [2.24, 2.45) is 10.9 Å². The van der Waals surface area contributed by atoms with Crippen molar-refractivity contribution in [1.82, 2.24) is 5.32 Å². The summed E-state index contributed by atoms with van der Waals surface area (Å²) in [5.74, 6) is 0. The minimum absolute atomic E-state index is 0.0674. The largest absolute Gasteiger partial charge is 0.411 e. The fourth-order valence-electron chi connectivity index (χ4n) is 0.650. The number of rotatable bonds is 4. The average molecular weight is 173 g/mol. The Hall–Kier alpha value is -0.610. The van der Waals surface area contributed by atoms with E-state index in [1.165, 1.54) is 0 Å². The van der Waals surface area contributed by atoms with E-state index in [0.717, 1.165) is 0 Å². The zero-order chi connectivity index (χ0) is 9.78. The summed E-state index contributed by atoms with van der Waals surface area (Å²) < 4.78 is 0. The predicted octanol–water partition coefficient (Wildman–Crippen LogP) is 0.552. The van der Waals surface area contributed by atoms with Gasteiger partial charge in [-0.3, -0.25) is 0 Å². The average Bonchev–Trinajstić information content (AvgIpc) is 1.97.